The van der Waals surface area contributed by atoms with E-state index in [0.717, 1.165) is 38.8 Å². The molecule has 1 aromatic heterocycles. The van der Waals surface area contributed by atoms with E-state index in [1.165, 1.54) is 4.68 Å². The average Bonchev–Trinajstić information content (AvgIpc) is 3.18. The van der Waals surface area contributed by atoms with Crippen molar-refractivity contribution in [1.29, 1.82) is 0 Å². The van der Waals surface area contributed by atoms with Crippen molar-refractivity contribution >= 4 is 11.8 Å². The molecule has 1 saturated carbocycles. The standard InChI is InChI=1S/C13H19N5O2/c19-12(9-18-8-5-14-16-18)15-11-3-6-17(7-4-11)13(20)10-1-2-10/h5,8,10-11H,1-4,6-7,9H2,(H,15,19). The number of rotatable bonds is 4. The molecule has 1 saturated heterocycles. The second kappa shape index (κ2) is 5.60. The predicted octanol–water partition coefficient (Wildman–Crippen LogP) is -0.205. The van der Waals surface area contributed by atoms with Gasteiger partial charge in [0.2, 0.25) is 11.8 Å². The third-order valence-corrected chi connectivity index (χ3v) is 3.88. The number of piperidine rings is 1. The van der Waals surface area contributed by atoms with Gasteiger partial charge in [0, 0.05) is 31.2 Å². The van der Waals surface area contributed by atoms with Crippen LogP contribution in [0.15, 0.2) is 12.4 Å². The van der Waals surface area contributed by atoms with Gasteiger partial charge in [-0.25, -0.2) is 4.68 Å². The van der Waals surface area contributed by atoms with E-state index in [1.54, 1.807) is 12.4 Å². The highest BCUT2D eigenvalue weighted by Crippen LogP contribution is 2.31. The van der Waals surface area contributed by atoms with E-state index in [1.807, 2.05) is 4.90 Å². The van der Waals surface area contributed by atoms with E-state index in [9.17, 15) is 9.59 Å². The molecule has 1 aliphatic carbocycles. The second-order valence-corrected chi connectivity index (χ2v) is 5.54. The summed E-state index contributed by atoms with van der Waals surface area (Å²) in [7, 11) is 0. The molecule has 0 aromatic carbocycles. The third kappa shape index (κ3) is 3.15. The molecule has 0 atom stereocenters. The molecule has 7 nitrogen and oxygen atoms in total. The van der Waals surface area contributed by atoms with Crippen molar-refractivity contribution in [3.63, 3.8) is 0 Å². The van der Waals surface area contributed by atoms with Crippen LogP contribution in [0.5, 0.6) is 0 Å². The Kier molecular flexibility index (Phi) is 3.66. The second-order valence-electron chi connectivity index (χ2n) is 5.54. The van der Waals surface area contributed by atoms with Crippen LogP contribution < -0.4 is 5.32 Å². The van der Waals surface area contributed by atoms with Crippen LogP contribution in [0.25, 0.3) is 0 Å². The van der Waals surface area contributed by atoms with Gasteiger partial charge in [-0.05, 0) is 25.7 Å². The van der Waals surface area contributed by atoms with Gasteiger partial charge in [0.05, 0.1) is 6.20 Å². The minimum atomic E-state index is -0.0533. The summed E-state index contributed by atoms with van der Waals surface area (Å²) in [5.74, 6) is 0.535. The Labute approximate surface area is 117 Å². The monoisotopic (exact) mass is 277 g/mol. The smallest absolute Gasteiger partial charge is 0.242 e. The molecule has 0 spiro atoms. The molecule has 3 rings (SSSR count). The molecular weight excluding hydrogens is 258 g/mol. The molecule has 2 amide bonds. The predicted molar refractivity (Wildman–Crippen MR) is 70.5 cm³/mol. The largest absolute Gasteiger partial charge is 0.352 e. The topological polar surface area (TPSA) is 80.1 Å². The maximum atomic E-state index is 11.9. The minimum Gasteiger partial charge on any atom is -0.352 e. The molecule has 0 bridgehead atoms. The van der Waals surface area contributed by atoms with Crippen LogP contribution in [-0.2, 0) is 16.1 Å². The molecule has 1 aromatic rings. The van der Waals surface area contributed by atoms with Crippen molar-refractivity contribution in [1.82, 2.24) is 25.2 Å². The quantitative estimate of drug-likeness (QED) is 0.826. The maximum absolute atomic E-state index is 11.9. The van der Waals surface area contributed by atoms with Crippen molar-refractivity contribution < 1.29 is 9.59 Å². The van der Waals surface area contributed by atoms with Crippen LogP contribution in [0.4, 0.5) is 0 Å². The molecule has 1 aliphatic heterocycles. The Morgan fingerprint density at radius 2 is 1.95 bits per heavy atom. The van der Waals surface area contributed by atoms with Crippen molar-refractivity contribution in [2.24, 2.45) is 5.92 Å². The first-order valence-electron chi connectivity index (χ1n) is 7.14. The molecular formula is C13H19N5O2. The van der Waals surface area contributed by atoms with E-state index in [4.69, 9.17) is 0 Å². The summed E-state index contributed by atoms with van der Waals surface area (Å²) in [5, 5.41) is 10.4. The van der Waals surface area contributed by atoms with Gasteiger partial charge in [-0.3, -0.25) is 9.59 Å². The van der Waals surface area contributed by atoms with Gasteiger partial charge in [0.25, 0.3) is 0 Å². The Morgan fingerprint density at radius 1 is 1.20 bits per heavy atom. The number of nitrogens with one attached hydrogen (secondary N) is 1. The SMILES string of the molecule is O=C(Cn1ccnn1)NC1CCN(C(=O)C2CC2)CC1. The number of nitrogens with zero attached hydrogens (tertiary/aromatic N) is 4. The third-order valence-electron chi connectivity index (χ3n) is 3.88. The molecule has 108 valence electrons. The van der Waals surface area contributed by atoms with E-state index < -0.39 is 0 Å². The van der Waals surface area contributed by atoms with Gasteiger partial charge in [0.15, 0.2) is 0 Å². The Hall–Kier alpha value is -1.92. The number of likely N-dealkylation sites (tertiary alicyclic amines) is 1. The van der Waals surface area contributed by atoms with Crippen molar-refractivity contribution in [2.45, 2.75) is 38.3 Å². The van der Waals surface area contributed by atoms with E-state index in [2.05, 4.69) is 15.6 Å². The van der Waals surface area contributed by atoms with Crippen molar-refractivity contribution in [2.75, 3.05) is 13.1 Å². The summed E-state index contributed by atoms with van der Waals surface area (Å²) < 4.78 is 1.50. The van der Waals surface area contributed by atoms with Crippen molar-refractivity contribution in [3.05, 3.63) is 12.4 Å². The molecule has 0 unspecified atom stereocenters. The van der Waals surface area contributed by atoms with E-state index in [-0.39, 0.29) is 24.4 Å². The molecule has 2 fully saturated rings. The van der Waals surface area contributed by atoms with E-state index in [0.29, 0.717) is 5.91 Å². The number of hydrogen-bond donors (Lipinski definition) is 1. The van der Waals surface area contributed by atoms with Gasteiger partial charge in [-0.15, -0.1) is 5.10 Å². The fraction of sp³-hybridized carbons (Fsp3) is 0.692. The van der Waals surface area contributed by atoms with E-state index >= 15 is 0 Å². The fourth-order valence-corrected chi connectivity index (χ4v) is 2.57. The molecule has 2 aliphatic rings. The molecule has 7 heteroatoms. The summed E-state index contributed by atoms with van der Waals surface area (Å²) in [4.78, 5) is 25.7. The number of carbonyl (C=O) groups is 2. The first-order chi connectivity index (χ1) is 9.72. The first kappa shape index (κ1) is 13.1. The maximum Gasteiger partial charge on any atom is 0.242 e. The Morgan fingerprint density at radius 3 is 2.55 bits per heavy atom. The van der Waals surface area contributed by atoms with Gasteiger partial charge < -0.3 is 10.2 Å². The van der Waals surface area contributed by atoms with Crippen LogP contribution in [0, 0.1) is 5.92 Å². The minimum absolute atomic E-state index is 0.0533. The number of hydrogen-bond acceptors (Lipinski definition) is 4. The lowest BCUT2D eigenvalue weighted by molar-refractivity contribution is -0.133. The summed E-state index contributed by atoms with van der Waals surface area (Å²) in [6.45, 7) is 1.70. The fourth-order valence-electron chi connectivity index (χ4n) is 2.57. The molecule has 1 N–H and O–H groups in total. The van der Waals surface area contributed by atoms with Gasteiger partial charge in [-0.2, -0.15) is 0 Å². The van der Waals surface area contributed by atoms with Crippen LogP contribution in [0.3, 0.4) is 0 Å². The Balaban J connectivity index is 1.41. The number of amides is 2. The van der Waals surface area contributed by atoms with Gasteiger partial charge in [0.1, 0.15) is 6.54 Å². The van der Waals surface area contributed by atoms with Crippen LogP contribution in [0.1, 0.15) is 25.7 Å². The highest BCUT2D eigenvalue weighted by atomic mass is 16.2. The molecule has 2 heterocycles. The summed E-state index contributed by atoms with van der Waals surface area (Å²) in [6, 6.07) is 0.161. The van der Waals surface area contributed by atoms with Gasteiger partial charge >= 0.3 is 0 Å². The number of carbonyl (C=O) groups excluding carboxylic acids is 2. The zero-order valence-electron chi connectivity index (χ0n) is 11.4. The summed E-state index contributed by atoms with van der Waals surface area (Å²) in [6.07, 6.45) is 6.98. The lowest BCUT2D eigenvalue weighted by Crippen LogP contribution is -2.47. The normalized spacial score (nSPS) is 19.9. The first-order valence-corrected chi connectivity index (χ1v) is 7.14. The van der Waals surface area contributed by atoms with Crippen LogP contribution in [-0.4, -0.2) is 50.8 Å². The average molecular weight is 277 g/mol. The molecule has 20 heavy (non-hydrogen) atoms. The molecule has 0 radical (unpaired) electrons. The zero-order chi connectivity index (χ0) is 13.9. The lowest BCUT2D eigenvalue weighted by Gasteiger charge is -2.32. The Bertz CT molecular complexity index is 475. The summed E-state index contributed by atoms with van der Waals surface area (Å²) in [5.41, 5.74) is 0. The highest BCUT2D eigenvalue weighted by molar-refractivity contribution is 5.81. The van der Waals surface area contributed by atoms with Crippen LogP contribution >= 0.6 is 0 Å². The summed E-state index contributed by atoms with van der Waals surface area (Å²) >= 11 is 0. The number of aromatic nitrogens is 3. The lowest BCUT2D eigenvalue weighted by atomic mass is 10.0. The van der Waals surface area contributed by atoms with Gasteiger partial charge in [-0.1, -0.05) is 5.21 Å². The zero-order valence-corrected chi connectivity index (χ0v) is 11.4. The van der Waals surface area contributed by atoms with Crippen molar-refractivity contribution in [3.8, 4) is 0 Å². The highest BCUT2D eigenvalue weighted by Gasteiger charge is 2.35. The van der Waals surface area contributed by atoms with Crippen LogP contribution in [0.2, 0.25) is 0 Å².